The third-order valence-electron chi connectivity index (χ3n) is 6.70. The zero-order chi connectivity index (χ0) is 23.9. The molecule has 1 N–H and O–H groups in total. The van der Waals surface area contributed by atoms with Crippen molar-refractivity contribution in [1.82, 2.24) is 14.8 Å². The molecular formula is C28H33N3O3. The Bertz CT molecular complexity index is 1130. The Morgan fingerprint density at radius 3 is 2.44 bits per heavy atom. The molecule has 0 saturated heterocycles. The minimum Gasteiger partial charge on any atom is -0.478 e. The number of rotatable bonds is 10. The number of nitrogens with zero attached hydrogens (tertiary/aromatic N) is 3. The molecule has 0 aliphatic heterocycles. The van der Waals surface area contributed by atoms with Crippen LogP contribution in [0.3, 0.4) is 0 Å². The normalized spacial score (nSPS) is 14.3. The second-order valence-corrected chi connectivity index (χ2v) is 9.21. The molecule has 1 fully saturated rings. The molecule has 3 aromatic rings. The van der Waals surface area contributed by atoms with Gasteiger partial charge in [-0.25, -0.2) is 14.5 Å². The van der Waals surface area contributed by atoms with Crippen molar-refractivity contribution in [1.29, 1.82) is 0 Å². The molecule has 1 saturated carbocycles. The van der Waals surface area contributed by atoms with Gasteiger partial charge in [-0.15, -0.1) is 5.10 Å². The lowest BCUT2D eigenvalue weighted by Crippen LogP contribution is -2.19. The van der Waals surface area contributed by atoms with Crippen LogP contribution < -0.4 is 0 Å². The molecule has 1 heterocycles. The number of Topliss-reactive ketones (excluding diaryl/α,β-unsaturated/α-hetero) is 1. The van der Waals surface area contributed by atoms with Crippen LogP contribution >= 0.6 is 0 Å². The second-order valence-electron chi connectivity index (χ2n) is 9.21. The summed E-state index contributed by atoms with van der Waals surface area (Å²) in [6.07, 6.45) is 9.39. The Labute approximate surface area is 201 Å². The van der Waals surface area contributed by atoms with E-state index in [4.69, 9.17) is 0 Å². The van der Waals surface area contributed by atoms with Crippen molar-refractivity contribution in [2.75, 3.05) is 0 Å². The molecule has 0 amide bonds. The van der Waals surface area contributed by atoms with E-state index in [2.05, 4.69) is 17.0 Å². The van der Waals surface area contributed by atoms with Gasteiger partial charge in [0.2, 0.25) is 11.6 Å². The van der Waals surface area contributed by atoms with Crippen LogP contribution in [-0.2, 0) is 13.0 Å². The topological polar surface area (TPSA) is 85.1 Å². The number of hydrogen-bond donors (Lipinski definition) is 1. The first-order valence-corrected chi connectivity index (χ1v) is 12.5. The maximum absolute atomic E-state index is 13.0. The van der Waals surface area contributed by atoms with Gasteiger partial charge in [0.15, 0.2) is 0 Å². The van der Waals surface area contributed by atoms with E-state index in [0.29, 0.717) is 17.9 Å². The quantitative estimate of drug-likeness (QED) is 0.289. The van der Waals surface area contributed by atoms with Gasteiger partial charge in [0.25, 0.3) is 0 Å². The summed E-state index contributed by atoms with van der Waals surface area (Å²) in [5, 5.41) is 14.1. The molecule has 0 radical (unpaired) electrons. The van der Waals surface area contributed by atoms with Crippen molar-refractivity contribution in [3.05, 3.63) is 71.3 Å². The summed E-state index contributed by atoms with van der Waals surface area (Å²) in [4.78, 5) is 29.3. The van der Waals surface area contributed by atoms with Crippen LogP contribution in [-0.4, -0.2) is 31.6 Å². The smallest absolute Gasteiger partial charge is 0.336 e. The fourth-order valence-electron chi connectivity index (χ4n) is 4.75. The number of hydrogen-bond acceptors (Lipinski definition) is 4. The molecule has 1 aliphatic carbocycles. The zero-order valence-corrected chi connectivity index (χ0v) is 19.9. The van der Waals surface area contributed by atoms with Crippen molar-refractivity contribution in [3.8, 4) is 11.1 Å². The van der Waals surface area contributed by atoms with E-state index < -0.39 is 5.97 Å². The third kappa shape index (κ3) is 5.61. The van der Waals surface area contributed by atoms with Crippen molar-refractivity contribution in [2.24, 2.45) is 5.92 Å². The van der Waals surface area contributed by atoms with Gasteiger partial charge in [0.1, 0.15) is 5.82 Å². The van der Waals surface area contributed by atoms with E-state index in [1.807, 2.05) is 41.1 Å². The van der Waals surface area contributed by atoms with Gasteiger partial charge in [-0.2, -0.15) is 0 Å². The van der Waals surface area contributed by atoms with Crippen LogP contribution in [0, 0.1) is 5.92 Å². The number of carboxylic acids is 1. The molecule has 1 aromatic heterocycles. The first kappa shape index (κ1) is 23.9. The zero-order valence-electron chi connectivity index (χ0n) is 19.9. The highest BCUT2D eigenvalue weighted by molar-refractivity contribution is 5.96. The number of carbonyl (C=O) groups excluding carboxylic acids is 1. The summed E-state index contributed by atoms with van der Waals surface area (Å²) in [7, 11) is 0. The number of carbonyl (C=O) groups is 2. The van der Waals surface area contributed by atoms with Crippen LogP contribution in [0.15, 0.2) is 48.5 Å². The number of aromatic carboxylic acids is 1. The number of aromatic nitrogens is 3. The van der Waals surface area contributed by atoms with Crippen molar-refractivity contribution < 1.29 is 14.7 Å². The Hall–Kier alpha value is -3.28. The highest BCUT2D eigenvalue weighted by Gasteiger charge is 2.26. The minimum absolute atomic E-state index is 0.0571. The van der Waals surface area contributed by atoms with Gasteiger partial charge in [0, 0.05) is 12.3 Å². The Morgan fingerprint density at radius 1 is 1.00 bits per heavy atom. The fraction of sp³-hybridized carbons (Fsp3) is 0.429. The maximum Gasteiger partial charge on any atom is 0.336 e. The van der Waals surface area contributed by atoms with Gasteiger partial charge in [-0.3, -0.25) is 4.79 Å². The standard InChI is InChI=1S/C28H33N3O3/c1-2-3-5-14-25-29-27(26(32)22-10-6-4-7-11-22)30-31(25)19-20-15-17-21(18-16-20)23-12-8-9-13-24(23)28(33)34/h8-9,12-13,15-18,22H,2-7,10-11,14,19H2,1H3,(H,33,34). The van der Waals surface area contributed by atoms with E-state index in [0.717, 1.165) is 68.3 Å². The predicted molar refractivity (Wildman–Crippen MR) is 132 cm³/mol. The second kappa shape index (κ2) is 11.2. The minimum atomic E-state index is -0.936. The molecular weight excluding hydrogens is 426 g/mol. The molecule has 1 aliphatic rings. The average molecular weight is 460 g/mol. The molecule has 0 atom stereocenters. The van der Waals surface area contributed by atoms with Gasteiger partial charge < -0.3 is 5.11 Å². The maximum atomic E-state index is 13.0. The van der Waals surface area contributed by atoms with Crippen LogP contribution in [0.5, 0.6) is 0 Å². The van der Waals surface area contributed by atoms with E-state index in [-0.39, 0.29) is 17.3 Å². The summed E-state index contributed by atoms with van der Waals surface area (Å²) in [5.74, 6) is 0.449. The van der Waals surface area contributed by atoms with Crippen molar-refractivity contribution in [2.45, 2.75) is 71.3 Å². The monoisotopic (exact) mass is 459 g/mol. The molecule has 178 valence electrons. The summed E-state index contributed by atoms with van der Waals surface area (Å²) >= 11 is 0. The molecule has 34 heavy (non-hydrogen) atoms. The Balaban J connectivity index is 1.55. The number of aryl methyl sites for hydroxylation is 1. The summed E-state index contributed by atoms with van der Waals surface area (Å²) in [5.41, 5.74) is 2.88. The third-order valence-corrected chi connectivity index (χ3v) is 6.70. The van der Waals surface area contributed by atoms with E-state index in [1.54, 1.807) is 12.1 Å². The first-order valence-electron chi connectivity index (χ1n) is 12.5. The van der Waals surface area contributed by atoms with Crippen molar-refractivity contribution in [3.63, 3.8) is 0 Å². The van der Waals surface area contributed by atoms with Gasteiger partial charge in [-0.1, -0.05) is 81.5 Å². The Morgan fingerprint density at radius 2 is 1.74 bits per heavy atom. The molecule has 2 aromatic carbocycles. The summed E-state index contributed by atoms with van der Waals surface area (Å²) < 4.78 is 1.88. The van der Waals surface area contributed by atoms with E-state index in [9.17, 15) is 14.7 Å². The lowest BCUT2D eigenvalue weighted by atomic mass is 9.86. The largest absolute Gasteiger partial charge is 0.478 e. The molecule has 0 bridgehead atoms. The fourth-order valence-corrected chi connectivity index (χ4v) is 4.75. The van der Waals surface area contributed by atoms with E-state index in [1.165, 1.54) is 6.42 Å². The number of unbranched alkanes of at least 4 members (excludes halogenated alkanes) is 2. The molecule has 6 heteroatoms. The predicted octanol–water partition coefficient (Wildman–Crippen LogP) is 6.19. The summed E-state index contributed by atoms with van der Waals surface area (Å²) in [6, 6.07) is 14.9. The number of ketones is 1. The van der Waals surface area contributed by atoms with Gasteiger partial charge in [-0.05, 0) is 42.0 Å². The molecule has 0 unspecified atom stereocenters. The molecule has 6 nitrogen and oxygen atoms in total. The summed E-state index contributed by atoms with van der Waals surface area (Å²) in [6.45, 7) is 2.71. The number of benzene rings is 2. The Kier molecular flexibility index (Phi) is 7.88. The van der Waals surface area contributed by atoms with Crippen molar-refractivity contribution >= 4 is 11.8 Å². The lowest BCUT2D eigenvalue weighted by Gasteiger charge is -2.18. The van der Waals surface area contributed by atoms with Gasteiger partial charge >= 0.3 is 5.97 Å². The molecule has 0 spiro atoms. The van der Waals surface area contributed by atoms with Crippen LogP contribution in [0.1, 0.15) is 90.7 Å². The van der Waals surface area contributed by atoms with Crippen LogP contribution in [0.2, 0.25) is 0 Å². The van der Waals surface area contributed by atoms with Crippen LogP contribution in [0.25, 0.3) is 11.1 Å². The molecule has 4 rings (SSSR count). The highest BCUT2D eigenvalue weighted by Crippen LogP contribution is 2.27. The SMILES string of the molecule is CCCCCc1nc(C(=O)C2CCCCC2)nn1Cc1ccc(-c2ccccc2C(=O)O)cc1. The van der Waals surface area contributed by atoms with Crippen LogP contribution in [0.4, 0.5) is 0 Å². The average Bonchev–Trinajstić information content (AvgIpc) is 3.27. The number of carboxylic acid groups (broad SMARTS) is 1. The first-order chi connectivity index (χ1) is 16.6. The van der Waals surface area contributed by atoms with E-state index >= 15 is 0 Å². The highest BCUT2D eigenvalue weighted by atomic mass is 16.4. The van der Waals surface area contributed by atoms with Gasteiger partial charge in [0.05, 0.1) is 12.1 Å². The lowest BCUT2D eigenvalue weighted by molar-refractivity contribution is 0.0697.